The zero-order chi connectivity index (χ0) is 10.4. The normalized spacial score (nSPS) is 14.7. The molecule has 1 aliphatic heterocycles. The van der Waals surface area contributed by atoms with Crippen LogP contribution in [0.2, 0.25) is 0 Å². The molecule has 0 saturated carbocycles. The van der Waals surface area contributed by atoms with Gasteiger partial charge in [-0.2, -0.15) is 0 Å². The van der Waals surface area contributed by atoms with Crippen molar-refractivity contribution in [3.63, 3.8) is 0 Å². The molecule has 0 amide bonds. The first-order valence-corrected chi connectivity index (χ1v) is 5.12. The van der Waals surface area contributed by atoms with E-state index in [9.17, 15) is 4.57 Å². The van der Waals surface area contributed by atoms with Crippen LogP contribution in [0.25, 0.3) is 0 Å². The van der Waals surface area contributed by atoms with Crippen LogP contribution in [0.4, 0.5) is 11.4 Å². The predicted octanol–water partition coefficient (Wildman–Crippen LogP) is 1.54. The molecule has 0 bridgehead atoms. The van der Waals surface area contributed by atoms with Crippen molar-refractivity contribution in [2.24, 2.45) is 0 Å². The van der Waals surface area contributed by atoms with Crippen LogP contribution in [-0.2, 0) is 13.6 Å². The van der Waals surface area contributed by atoms with Gasteiger partial charge in [-0.1, -0.05) is 0 Å². The topological polar surface area (TPSA) is 87.6 Å². The molecule has 0 atom stereocenters. The highest BCUT2D eigenvalue weighted by atomic mass is 31.1. The summed E-state index contributed by atoms with van der Waals surface area (Å²) in [4.78, 5) is 0. The van der Waals surface area contributed by atoms with Gasteiger partial charge in [0.15, 0.2) is 0 Å². The molecular weight excluding hydrogens is 203 g/mol. The number of nitrogens with two attached hydrogens (primary N) is 2. The van der Waals surface area contributed by atoms with E-state index in [0.29, 0.717) is 13.2 Å². The van der Waals surface area contributed by atoms with Crippen molar-refractivity contribution in [1.29, 1.82) is 0 Å². The largest absolute Gasteiger partial charge is 0.697 e. The maximum absolute atomic E-state index is 9.95. The van der Waals surface area contributed by atoms with Crippen molar-refractivity contribution in [1.82, 2.24) is 0 Å². The smallest absolute Gasteiger partial charge is 0.399 e. The number of hydrogen-bond donors (Lipinski definition) is 2. The quantitative estimate of drug-likeness (QED) is 0.506. The molecule has 4 N–H and O–H groups in total. The zero-order valence-corrected chi connectivity index (χ0v) is 8.44. The fraction of sp³-hybridized carbons (Fsp3) is 0.250. The summed E-state index contributed by atoms with van der Waals surface area (Å²) < 4.78 is 18.8. The lowest BCUT2D eigenvalue weighted by Gasteiger charge is -1.90. The molecule has 5 nitrogen and oxygen atoms in total. The van der Waals surface area contributed by atoms with E-state index in [-0.39, 0.29) is 0 Å². The summed E-state index contributed by atoms with van der Waals surface area (Å²) in [6, 6.07) is 7.09. The minimum absolute atomic E-state index is 0.481. The molecule has 6 heteroatoms. The molecule has 1 fully saturated rings. The lowest BCUT2D eigenvalue weighted by atomic mass is 10.3. The predicted molar refractivity (Wildman–Crippen MR) is 54.8 cm³/mol. The van der Waals surface area contributed by atoms with Gasteiger partial charge in [-0.15, -0.1) is 9.05 Å². The summed E-state index contributed by atoms with van der Waals surface area (Å²) in [7, 11) is -1.72. The van der Waals surface area contributed by atoms with E-state index in [2.05, 4.69) is 9.05 Å². The summed E-state index contributed by atoms with van der Waals surface area (Å²) in [5.41, 5.74) is 12.2. The van der Waals surface area contributed by atoms with Gasteiger partial charge in [0.1, 0.15) is 13.2 Å². The first-order valence-electron chi connectivity index (χ1n) is 4.02. The average molecular weight is 215 g/mol. The van der Waals surface area contributed by atoms with Gasteiger partial charge < -0.3 is 11.5 Å². The van der Waals surface area contributed by atoms with Crippen LogP contribution in [0, 0.1) is 0 Å². The van der Waals surface area contributed by atoms with Crippen molar-refractivity contribution in [3.8, 4) is 0 Å². The Bertz CT molecular complexity index is 273. The Morgan fingerprint density at radius 2 is 1.36 bits per heavy atom. The summed E-state index contributed by atoms with van der Waals surface area (Å²) in [5, 5.41) is 0. The molecule has 0 aliphatic carbocycles. The van der Waals surface area contributed by atoms with E-state index in [1.807, 2.05) is 0 Å². The lowest BCUT2D eigenvalue weighted by Crippen LogP contribution is -1.86. The summed E-state index contributed by atoms with van der Waals surface area (Å²) in [5.74, 6) is 0. The molecule has 1 heterocycles. The first-order chi connectivity index (χ1) is 6.68. The van der Waals surface area contributed by atoms with Crippen LogP contribution in [-0.4, -0.2) is 13.2 Å². The molecule has 1 aromatic carbocycles. The van der Waals surface area contributed by atoms with Gasteiger partial charge in [0, 0.05) is 15.9 Å². The molecule has 1 aromatic rings. The Hall–Kier alpha value is -1.16. The van der Waals surface area contributed by atoms with Crippen molar-refractivity contribution in [3.05, 3.63) is 24.3 Å². The fourth-order valence-electron chi connectivity index (χ4n) is 0.757. The number of nitrogen functional groups attached to an aromatic ring is 2. The van der Waals surface area contributed by atoms with Gasteiger partial charge in [-0.25, -0.2) is 0 Å². The standard InChI is InChI=1S/C6H8N2.C2H4O3P/c7-5-1-2-6(8)4-3-5;3-6-4-1-2-5-6/h1-4H,7-8H2;1-2H2/q;+1. The Balaban J connectivity index is 0.000000146. The van der Waals surface area contributed by atoms with Gasteiger partial charge in [-0.05, 0) is 24.3 Å². The minimum atomic E-state index is -1.72. The van der Waals surface area contributed by atoms with Crippen molar-refractivity contribution in [2.45, 2.75) is 0 Å². The van der Waals surface area contributed by atoms with E-state index in [1.165, 1.54) is 0 Å². The van der Waals surface area contributed by atoms with E-state index in [4.69, 9.17) is 11.5 Å². The van der Waals surface area contributed by atoms with Gasteiger partial charge in [0.25, 0.3) is 0 Å². The fourth-order valence-corrected chi connectivity index (χ4v) is 1.28. The van der Waals surface area contributed by atoms with Crippen LogP contribution in [0.15, 0.2) is 24.3 Å². The van der Waals surface area contributed by atoms with Gasteiger partial charge >= 0.3 is 8.25 Å². The van der Waals surface area contributed by atoms with Crippen molar-refractivity contribution < 1.29 is 13.6 Å². The second-order valence-electron chi connectivity index (χ2n) is 2.56. The molecule has 0 radical (unpaired) electrons. The maximum atomic E-state index is 9.95. The Morgan fingerprint density at radius 1 is 1.00 bits per heavy atom. The third-order valence-corrected chi connectivity index (χ3v) is 2.20. The molecule has 2 rings (SSSR count). The molecule has 0 spiro atoms. The monoisotopic (exact) mass is 215 g/mol. The SMILES string of the molecule is Nc1ccc(N)cc1.O=[P+]1OCCO1. The van der Waals surface area contributed by atoms with E-state index >= 15 is 0 Å². The third kappa shape index (κ3) is 4.18. The molecule has 0 aromatic heterocycles. The molecule has 14 heavy (non-hydrogen) atoms. The molecule has 0 unspecified atom stereocenters. The molecule has 1 aliphatic rings. The maximum Gasteiger partial charge on any atom is 0.697 e. The Labute approximate surface area is 82.9 Å². The van der Waals surface area contributed by atoms with Gasteiger partial charge in [-0.3, -0.25) is 0 Å². The highest BCUT2D eigenvalue weighted by Gasteiger charge is 2.26. The third-order valence-electron chi connectivity index (χ3n) is 1.41. The second kappa shape index (κ2) is 5.54. The van der Waals surface area contributed by atoms with Crippen LogP contribution >= 0.6 is 8.25 Å². The van der Waals surface area contributed by atoms with Crippen LogP contribution in [0.1, 0.15) is 0 Å². The highest BCUT2D eigenvalue weighted by Crippen LogP contribution is 2.27. The molecule has 76 valence electrons. The first kappa shape index (κ1) is 10.9. The van der Waals surface area contributed by atoms with E-state index in [1.54, 1.807) is 24.3 Å². The number of hydrogen-bond acceptors (Lipinski definition) is 5. The average Bonchev–Trinajstić information content (AvgIpc) is 2.63. The Kier molecular flexibility index (Phi) is 4.32. The molecular formula is C8H12N2O3P+. The summed E-state index contributed by atoms with van der Waals surface area (Å²) in [6.07, 6.45) is 0. The highest BCUT2D eigenvalue weighted by molar-refractivity contribution is 7.33. The number of benzene rings is 1. The van der Waals surface area contributed by atoms with E-state index in [0.717, 1.165) is 11.4 Å². The minimum Gasteiger partial charge on any atom is -0.399 e. The van der Waals surface area contributed by atoms with Crippen LogP contribution in [0.3, 0.4) is 0 Å². The zero-order valence-electron chi connectivity index (χ0n) is 7.55. The number of anilines is 2. The second-order valence-corrected chi connectivity index (χ2v) is 3.52. The number of rotatable bonds is 0. The summed E-state index contributed by atoms with van der Waals surface area (Å²) in [6.45, 7) is 0.963. The van der Waals surface area contributed by atoms with Gasteiger partial charge in [0.2, 0.25) is 0 Å². The van der Waals surface area contributed by atoms with Gasteiger partial charge in [0.05, 0.1) is 0 Å². The summed E-state index contributed by atoms with van der Waals surface area (Å²) >= 11 is 0. The van der Waals surface area contributed by atoms with Crippen molar-refractivity contribution in [2.75, 3.05) is 24.7 Å². The molecule has 1 saturated heterocycles. The lowest BCUT2D eigenvalue weighted by molar-refractivity contribution is 0.365. The van der Waals surface area contributed by atoms with E-state index < -0.39 is 8.25 Å². The Morgan fingerprint density at radius 3 is 1.57 bits per heavy atom. The van der Waals surface area contributed by atoms with Crippen LogP contribution in [0.5, 0.6) is 0 Å². The van der Waals surface area contributed by atoms with Crippen LogP contribution < -0.4 is 11.5 Å². The van der Waals surface area contributed by atoms with Crippen molar-refractivity contribution >= 4 is 19.6 Å².